The zero-order valence-corrected chi connectivity index (χ0v) is 17.1. The van der Waals surface area contributed by atoms with Crippen LogP contribution < -0.4 is 10.0 Å². The SMILES string of the molecule is CS(=O)(=O)Nc1cc(C(=O)NCC2(c3ccccc3)CCOCC2)ccc1Cl. The van der Waals surface area contributed by atoms with Crippen molar-refractivity contribution in [2.45, 2.75) is 18.3 Å². The summed E-state index contributed by atoms with van der Waals surface area (Å²) in [4.78, 5) is 12.7. The Kier molecular flexibility index (Phi) is 6.27. The minimum absolute atomic E-state index is 0.181. The highest BCUT2D eigenvalue weighted by Crippen LogP contribution is 2.34. The third kappa shape index (κ3) is 5.04. The second-order valence-electron chi connectivity index (χ2n) is 7.01. The fourth-order valence-corrected chi connectivity index (χ4v) is 4.21. The molecule has 150 valence electrons. The molecule has 1 heterocycles. The van der Waals surface area contributed by atoms with Gasteiger partial charge in [0.1, 0.15) is 0 Å². The first-order valence-electron chi connectivity index (χ1n) is 8.98. The molecule has 8 heteroatoms. The normalized spacial score (nSPS) is 16.4. The molecule has 1 aliphatic rings. The molecule has 0 unspecified atom stereocenters. The number of carbonyl (C=O) groups excluding carboxylic acids is 1. The van der Waals surface area contributed by atoms with Crippen molar-refractivity contribution in [2.75, 3.05) is 30.7 Å². The first-order valence-corrected chi connectivity index (χ1v) is 11.2. The van der Waals surface area contributed by atoms with E-state index in [1.54, 1.807) is 6.07 Å². The van der Waals surface area contributed by atoms with Crippen LogP contribution in [0.2, 0.25) is 5.02 Å². The van der Waals surface area contributed by atoms with Crippen molar-refractivity contribution >= 4 is 33.2 Å². The lowest BCUT2D eigenvalue weighted by molar-refractivity contribution is 0.0487. The van der Waals surface area contributed by atoms with Gasteiger partial charge in [-0.15, -0.1) is 0 Å². The van der Waals surface area contributed by atoms with Gasteiger partial charge in [0.2, 0.25) is 10.0 Å². The minimum Gasteiger partial charge on any atom is -0.381 e. The summed E-state index contributed by atoms with van der Waals surface area (Å²) in [6.45, 7) is 1.76. The zero-order chi connectivity index (χ0) is 20.2. The maximum Gasteiger partial charge on any atom is 0.251 e. The number of rotatable bonds is 6. The van der Waals surface area contributed by atoms with Gasteiger partial charge in [-0.05, 0) is 36.6 Å². The number of carbonyl (C=O) groups is 1. The van der Waals surface area contributed by atoms with Gasteiger partial charge in [0.15, 0.2) is 0 Å². The fraction of sp³-hybridized carbons (Fsp3) is 0.350. The Hall–Kier alpha value is -2.09. The van der Waals surface area contributed by atoms with Crippen LogP contribution in [0.3, 0.4) is 0 Å². The van der Waals surface area contributed by atoms with Gasteiger partial charge in [-0.3, -0.25) is 9.52 Å². The topological polar surface area (TPSA) is 84.5 Å². The highest BCUT2D eigenvalue weighted by Gasteiger charge is 2.34. The Balaban J connectivity index is 1.78. The van der Waals surface area contributed by atoms with E-state index < -0.39 is 10.0 Å². The molecule has 0 spiro atoms. The number of sulfonamides is 1. The van der Waals surface area contributed by atoms with E-state index in [2.05, 4.69) is 22.2 Å². The van der Waals surface area contributed by atoms with Crippen molar-refractivity contribution in [3.8, 4) is 0 Å². The van der Waals surface area contributed by atoms with Crippen LogP contribution in [0, 0.1) is 0 Å². The van der Waals surface area contributed by atoms with Crippen LogP contribution in [0.25, 0.3) is 0 Å². The monoisotopic (exact) mass is 422 g/mol. The maximum atomic E-state index is 12.7. The molecule has 0 radical (unpaired) electrons. The zero-order valence-electron chi connectivity index (χ0n) is 15.6. The molecule has 1 amide bonds. The summed E-state index contributed by atoms with van der Waals surface area (Å²) in [6, 6.07) is 14.6. The van der Waals surface area contributed by atoms with E-state index in [-0.39, 0.29) is 22.0 Å². The van der Waals surface area contributed by atoms with E-state index in [9.17, 15) is 13.2 Å². The molecule has 1 saturated heterocycles. The van der Waals surface area contributed by atoms with Gasteiger partial charge in [0, 0.05) is 30.7 Å². The molecular formula is C20H23ClN2O4S. The van der Waals surface area contributed by atoms with Gasteiger partial charge in [-0.2, -0.15) is 0 Å². The third-order valence-corrected chi connectivity index (χ3v) is 5.87. The standard InChI is InChI=1S/C20H23ClN2O4S/c1-28(25,26)23-18-13-15(7-8-17(18)21)19(24)22-14-20(9-11-27-12-10-20)16-5-3-2-4-6-16/h2-8,13,23H,9-12,14H2,1H3,(H,22,24). The Labute approximate surface area is 170 Å². The minimum atomic E-state index is -3.50. The van der Waals surface area contributed by atoms with Crippen molar-refractivity contribution in [3.63, 3.8) is 0 Å². The van der Waals surface area contributed by atoms with Gasteiger partial charge >= 0.3 is 0 Å². The van der Waals surface area contributed by atoms with Crippen LogP contribution >= 0.6 is 11.6 Å². The second-order valence-corrected chi connectivity index (χ2v) is 9.17. The van der Waals surface area contributed by atoms with Gasteiger partial charge in [-0.1, -0.05) is 41.9 Å². The van der Waals surface area contributed by atoms with Crippen molar-refractivity contribution in [1.29, 1.82) is 0 Å². The number of benzene rings is 2. The summed E-state index contributed by atoms with van der Waals surface area (Å²) in [6.07, 6.45) is 2.67. The largest absolute Gasteiger partial charge is 0.381 e. The number of amides is 1. The number of hydrogen-bond donors (Lipinski definition) is 2. The lowest BCUT2D eigenvalue weighted by atomic mass is 9.74. The number of nitrogens with one attached hydrogen (secondary N) is 2. The summed E-state index contributed by atoms with van der Waals surface area (Å²) >= 11 is 6.04. The van der Waals surface area contributed by atoms with Gasteiger partial charge < -0.3 is 10.1 Å². The van der Waals surface area contributed by atoms with Crippen LogP contribution in [0.5, 0.6) is 0 Å². The predicted molar refractivity (Wildman–Crippen MR) is 110 cm³/mol. The molecule has 3 rings (SSSR count). The molecule has 2 N–H and O–H groups in total. The van der Waals surface area contributed by atoms with Crippen LogP contribution in [0.15, 0.2) is 48.5 Å². The van der Waals surface area contributed by atoms with E-state index in [1.165, 1.54) is 17.7 Å². The molecule has 0 atom stereocenters. The average Bonchev–Trinajstić information content (AvgIpc) is 2.68. The molecule has 0 bridgehead atoms. The Bertz CT molecular complexity index is 942. The molecular weight excluding hydrogens is 400 g/mol. The van der Waals surface area contributed by atoms with Crippen molar-refractivity contribution in [1.82, 2.24) is 5.32 Å². The summed E-state index contributed by atoms with van der Waals surface area (Å²) in [7, 11) is -3.50. The lowest BCUT2D eigenvalue weighted by Gasteiger charge is -2.38. The van der Waals surface area contributed by atoms with E-state index in [1.807, 2.05) is 18.2 Å². The lowest BCUT2D eigenvalue weighted by Crippen LogP contribution is -2.44. The summed E-state index contributed by atoms with van der Waals surface area (Å²) in [5, 5.41) is 3.23. The van der Waals surface area contributed by atoms with Gasteiger partial charge in [-0.25, -0.2) is 8.42 Å². The number of anilines is 1. The quantitative estimate of drug-likeness (QED) is 0.748. The Morgan fingerprint density at radius 1 is 1.14 bits per heavy atom. The molecule has 2 aromatic rings. The first kappa shape index (κ1) is 20.6. The molecule has 1 fully saturated rings. The highest BCUT2D eigenvalue weighted by molar-refractivity contribution is 7.92. The number of ether oxygens (including phenoxy) is 1. The van der Waals surface area contributed by atoms with Crippen molar-refractivity contribution < 1.29 is 17.9 Å². The van der Waals surface area contributed by atoms with E-state index in [0.29, 0.717) is 25.3 Å². The van der Waals surface area contributed by atoms with Crippen LogP contribution in [-0.2, 0) is 20.2 Å². The van der Waals surface area contributed by atoms with Crippen LogP contribution in [0.1, 0.15) is 28.8 Å². The predicted octanol–water partition coefficient (Wildman–Crippen LogP) is 3.19. The molecule has 1 aliphatic heterocycles. The first-order chi connectivity index (χ1) is 13.3. The molecule has 28 heavy (non-hydrogen) atoms. The summed E-state index contributed by atoms with van der Waals surface area (Å²) in [5.74, 6) is -0.282. The molecule has 6 nitrogen and oxygen atoms in total. The second kappa shape index (κ2) is 8.51. The smallest absolute Gasteiger partial charge is 0.251 e. The molecule has 2 aromatic carbocycles. The van der Waals surface area contributed by atoms with E-state index in [0.717, 1.165) is 19.1 Å². The van der Waals surface area contributed by atoms with E-state index in [4.69, 9.17) is 16.3 Å². The van der Waals surface area contributed by atoms with Crippen molar-refractivity contribution in [2.24, 2.45) is 0 Å². The van der Waals surface area contributed by atoms with E-state index >= 15 is 0 Å². The fourth-order valence-electron chi connectivity index (χ4n) is 3.42. The highest BCUT2D eigenvalue weighted by atomic mass is 35.5. The molecule has 0 aromatic heterocycles. The summed E-state index contributed by atoms with van der Waals surface area (Å²) in [5.41, 5.74) is 1.51. The van der Waals surface area contributed by atoms with Gasteiger partial charge in [0.05, 0.1) is 17.0 Å². The average molecular weight is 423 g/mol. The van der Waals surface area contributed by atoms with Crippen LogP contribution in [0.4, 0.5) is 5.69 Å². The molecule has 0 aliphatic carbocycles. The number of halogens is 1. The maximum absolute atomic E-state index is 12.7. The Morgan fingerprint density at radius 2 is 1.82 bits per heavy atom. The van der Waals surface area contributed by atoms with Crippen molar-refractivity contribution in [3.05, 3.63) is 64.7 Å². The van der Waals surface area contributed by atoms with Crippen LogP contribution in [-0.4, -0.2) is 40.3 Å². The summed E-state index contributed by atoms with van der Waals surface area (Å²) < 4.78 is 30.8. The Morgan fingerprint density at radius 3 is 2.46 bits per heavy atom. The van der Waals surface area contributed by atoms with Gasteiger partial charge in [0.25, 0.3) is 5.91 Å². The molecule has 0 saturated carbocycles. The number of hydrogen-bond acceptors (Lipinski definition) is 4. The third-order valence-electron chi connectivity index (χ3n) is 4.95.